The third-order valence-corrected chi connectivity index (χ3v) is 2.24. The van der Waals surface area contributed by atoms with Gasteiger partial charge in [-0.25, -0.2) is 0 Å². The molecular weight excluding hydrogens is 218 g/mol. The van der Waals surface area contributed by atoms with Gasteiger partial charge in [-0.2, -0.15) is 5.48 Å². The molecule has 0 radical (unpaired) electrons. The highest BCUT2D eigenvalue weighted by Gasteiger charge is 2.44. The van der Waals surface area contributed by atoms with Gasteiger partial charge in [0.1, 0.15) is 18.2 Å². The lowest BCUT2D eigenvalue weighted by molar-refractivity contribution is -0.228. The Balaban J connectivity index is 2.72. The van der Waals surface area contributed by atoms with Gasteiger partial charge in [0.15, 0.2) is 0 Å². The molecule has 0 saturated carbocycles. The van der Waals surface area contributed by atoms with Crippen molar-refractivity contribution in [1.29, 1.82) is 0 Å². The van der Waals surface area contributed by atoms with E-state index in [1.807, 2.05) is 0 Å². The molecule has 0 aliphatic carbocycles. The van der Waals surface area contributed by atoms with Gasteiger partial charge in [-0.15, -0.1) is 6.58 Å². The number of carbonyl (C=O) groups is 1. The highest BCUT2D eigenvalue weighted by molar-refractivity contribution is 5.88. The van der Waals surface area contributed by atoms with Crippen molar-refractivity contribution in [2.75, 3.05) is 13.2 Å². The minimum Gasteiger partial charge on any atom is -0.394 e. The molecule has 0 aromatic heterocycles. The molecule has 4 atom stereocenters. The Labute approximate surface area is 92.2 Å². The van der Waals surface area contributed by atoms with E-state index in [2.05, 4.69) is 6.58 Å². The first-order chi connectivity index (χ1) is 7.65. The highest BCUT2D eigenvalue weighted by Crippen LogP contribution is 2.18. The molecule has 1 rings (SSSR count). The molecule has 4 unspecified atom stereocenters. The first kappa shape index (κ1) is 13.2. The summed E-state index contributed by atoms with van der Waals surface area (Å²) >= 11 is 0. The second-order valence-electron chi connectivity index (χ2n) is 3.31. The fraction of sp³-hybridized carbons (Fsp3) is 0.667. The Kier molecular flexibility index (Phi) is 5.00. The molecular formula is C9H15NO6. The van der Waals surface area contributed by atoms with Gasteiger partial charge < -0.3 is 24.9 Å². The lowest BCUT2D eigenvalue weighted by Gasteiger charge is -2.36. The van der Waals surface area contributed by atoms with Gasteiger partial charge in [0, 0.05) is 0 Å². The van der Waals surface area contributed by atoms with Crippen LogP contribution >= 0.6 is 0 Å². The Bertz CT molecular complexity index is 258. The maximum atomic E-state index is 11.6. The van der Waals surface area contributed by atoms with Crippen LogP contribution in [-0.4, -0.2) is 59.0 Å². The van der Waals surface area contributed by atoms with Gasteiger partial charge in [0.25, 0.3) is 0 Å². The summed E-state index contributed by atoms with van der Waals surface area (Å²) in [6.45, 7) is 3.01. The number of aliphatic hydroxyl groups excluding tert-OH is 2. The molecule has 0 spiro atoms. The molecule has 7 heteroatoms. The maximum absolute atomic E-state index is 11.6. The summed E-state index contributed by atoms with van der Waals surface area (Å²) in [5.74, 6) is -0.637. The van der Waals surface area contributed by atoms with Gasteiger partial charge in [-0.05, 0) is 0 Å². The molecule has 1 aliphatic rings. The number of nitrogens with one attached hydrogen (secondary N) is 1. The number of aliphatic hydroxyl groups is 2. The molecule has 1 saturated heterocycles. The number of hydrogen-bond donors (Lipinski definition) is 4. The van der Waals surface area contributed by atoms with E-state index in [-0.39, 0.29) is 6.61 Å². The van der Waals surface area contributed by atoms with E-state index in [4.69, 9.17) is 19.8 Å². The van der Waals surface area contributed by atoms with Crippen molar-refractivity contribution in [2.24, 2.45) is 0 Å². The molecule has 4 N–H and O–H groups in total. The van der Waals surface area contributed by atoms with E-state index in [1.165, 1.54) is 6.08 Å². The number of Topliss-reactive ketones (excluding diaryl/α,β-unsaturated/α-hetero) is 1. The van der Waals surface area contributed by atoms with E-state index < -0.39 is 36.9 Å². The number of rotatable bonds is 5. The van der Waals surface area contributed by atoms with E-state index >= 15 is 0 Å². The summed E-state index contributed by atoms with van der Waals surface area (Å²) in [4.78, 5) is 11.6. The summed E-state index contributed by atoms with van der Waals surface area (Å²) in [6.07, 6.45) is -2.12. The molecule has 0 bridgehead atoms. The predicted octanol–water partition coefficient (Wildman–Crippen LogP) is -1.82. The average molecular weight is 233 g/mol. The molecule has 1 aliphatic heterocycles. The zero-order valence-corrected chi connectivity index (χ0v) is 8.57. The summed E-state index contributed by atoms with van der Waals surface area (Å²) in [5.41, 5.74) is 1.68. The van der Waals surface area contributed by atoms with Crippen LogP contribution in [0.5, 0.6) is 0 Å². The Hall–Kier alpha value is -0.830. The van der Waals surface area contributed by atoms with Crippen molar-refractivity contribution in [3.05, 3.63) is 12.7 Å². The Morgan fingerprint density at radius 2 is 2.31 bits per heavy atom. The zero-order valence-electron chi connectivity index (χ0n) is 8.57. The zero-order chi connectivity index (χ0) is 12.1. The van der Waals surface area contributed by atoms with Crippen LogP contribution in [0.2, 0.25) is 0 Å². The fourth-order valence-corrected chi connectivity index (χ4v) is 1.40. The van der Waals surface area contributed by atoms with Crippen LogP contribution in [0.1, 0.15) is 0 Å². The first-order valence-electron chi connectivity index (χ1n) is 4.76. The molecule has 1 heterocycles. The van der Waals surface area contributed by atoms with Crippen molar-refractivity contribution in [1.82, 2.24) is 5.48 Å². The summed E-state index contributed by atoms with van der Waals surface area (Å²) in [6, 6.07) is -1.24. The van der Waals surface area contributed by atoms with Crippen molar-refractivity contribution >= 4 is 5.78 Å². The average Bonchev–Trinajstić information content (AvgIpc) is 2.29. The molecule has 0 amide bonds. The van der Waals surface area contributed by atoms with Crippen LogP contribution < -0.4 is 5.48 Å². The molecule has 0 aromatic rings. The first-order valence-corrected chi connectivity index (χ1v) is 4.76. The largest absolute Gasteiger partial charge is 0.394 e. The molecule has 1 fully saturated rings. The Morgan fingerprint density at radius 3 is 2.81 bits per heavy atom. The number of ether oxygens (including phenoxy) is 2. The van der Waals surface area contributed by atoms with Crippen LogP contribution in [0.15, 0.2) is 12.7 Å². The van der Waals surface area contributed by atoms with Crippen LogP contribution in [0.25, 0.3) is 0 Å². The predicted molar refractivity (Wildman–Crippen MR) is 51.6 cm³/mol. The Morgan fingerprint density at radius 1 is 1.62 bits per heavy atom. The van der Waals surface area contributed by atoms with Crippen LogP contribution in [0, 0.1) is 0 Å². The number of hydroxylamine groups is 1. The van der Waals surface area contributed by atoms with Crippen molar-refractivity contribution in [3.8, 4) is 0 Å². The van der Waals surface area contributed by atoms with Gasteiger partial charge in [0.2, 0.25) is 12.1 Å². The highest BCUT2D eigenvalue weighted by atomic mass is 16.7. The van der Waals surface area contributed by atoms with E-state index in [0.717, 1.165) is 0 Å². The third kappa shape index (κ3) is 2.64. The summed E-state index contributed by atoms with van der Waals surface area (Å²) < 4.78 is 10.0. The SMILES string of the molecule is C=CCOC1OC(CO)C(O)C(NO)C1=O. The number of ketones is 1. The van der Waals surface area contributed by atoms with Crippen LogP contribution in [-0.2, 0) is 14.3 Å². The topological polar surface area (TPSA) is 108 Å². The van der Waals surface area contributed by atoms with Gasteiger partial charge in [0.05, 0.1) is 13.2 Å². The van der Waals surface area contributed by atoms with E-state index in [9.17, 15) is 9.90 Å². The van der Waals surface area contributed by atoms with Gasteiger partial charge in [-0.3, -0.25) is 4.79 Å². The van der Waals surface area contributed by atoms with Crippen LogP contribution in [0.3, 0.4) is 0 Å². The van der Waals surface area contributed by atoms with E-state index in [1.54, 1.807) is 5.48 Å². The number of carbonyl (C=O) groups excluding carboxylic acids is 1. The van der Waals surface area contributed by atoms with Crippen LogP contribution in [0.4, 0.5) is 0 Å². The minimum atomic E-state index is -1.33. The molecule has 7 nitrogen and oxygen atoms in total. The maximum Gasteiger partial charge on any atom is 0.220 e. The second-order valence-corrected chi connectivity index (χ2v) is 3.31. The van der Waals surface area contributed by atoms with Gasteiger partial charge >= 0.3 is 0 Å². The van der Waals surface area contributed by atoms with Crippen molar-refractivity contribution in [3.63, 3.8) is 0 Å². The standard InChI is InChI=1S/C9H15NO6/c1-2-3-15-9-8(13)6(10-14)7(12)5(4-11)16-9/h2,5-7,9-12,14H,1,3-4H2. The van der Waals surface area contributed by atoms with E-state index in [0.29, 0.717) is 0 Å². The molecule has 16 heavy (non-hydrogen) atoms. The fourth-order valence-electron chi connectivity index (χ4n) is 1.40. The lowest BCUT2D eigenvalue weighted by Crippen LogP contribution is -2.61. The molecule has 92 valence electrons. The number of hydrogen-bond acceptors (Lipinski definition) is 7. The summed E-state index contributed by atoms with van der Waals surface area (Å²) in [7, 11) is 0. The smallest absolute Gasteiger partial charge is 0.220 e. The molecule has 0 aromatic carbocycles. The quantitative estimate of drug-likeness (QED) is 0.327. The minimum absolute atomic E-state index is 0.0861. The van der Waals surface area contributed by atoms with Crippen molar-refractivity contribution in [2.45, 2.75) is 24.5 Å². The van der Waals surface area contributed by atoms with Gasteiger partial charge in [-0.1, -0.05) is 6.08 Å². The lowest BCUT2D eigenvalue weighted by atomic mass is 9.98. The second kappa shape index (κ2) is 6.04. The normalized spacial score (nSPS) is 35.1. The summed E-state index contributed by atoms with van der Waals surface area (Å²) in [5, 5.41) is 27.2. The van der Waals surface area contributed by atoms with Crippen molar-refractivity contribution < 1.29 is 29.7 Å². The third-order valence-electron chi connectivity index (χ3n) is 2.24. The monoisotopic (exact) mass is 233 g/mol.